The van der Waals surface area contributed by atoms with Crippen LogP contribution in [0, 0.1) is 0 Å². The van der Waals surface area contributed by atoms with Crippen LogP contribution in [0.1, 0.15) is 31.4 Å². The largest absolute Gasteiger partial charge is 0.481 e. The predicted molar refractivity (Wildman–Crippen MR) is 164 cm³/mol. The minimum atomic E-state index is -0.455. The molecule has 0 spiro atoms. The van der Waals surface area contributed by atoms with E-state index in [2.05, 4.69) is 28.8 Å². The number of nitrogens with two attached hydrogens (primary N) is 1. The van der Waals surface area contributed by atoms with Gasteiger partial charge >= 0.3 is 6.01 Å². The summed E-state index contributed by atoms with van der Waals surface area (Å²) in [5.74, 6) is 0.928. The lowest BCUT2D eigenvalue weighted by molar-refractivity contribution is -0.116. The third kappa shape index (κ3) is 6.55. The number of halogens is 1. The van der Waals surface area contributed by atoms with Gasteiger partial charge in [-0.25, -0.2) is 0 Å². The fourth-order valence-electron chi connectivity index (χ4n) is 5.32. The Hall–Kier alpha value is -4.02. The van der Waals surface area contributed by atoms with E-state index in [0.717, 1.165) is 41.3 Å². The van der Waals surface area contributed by atoms with Crippen molar-refractivity contribution >= 4 is 34.1 Å². The molecule has 1 amide bonds. The number of hydrogen-bond donors (Lipinski definition) is 2. The first-order valence-electron chi connectivity index (χ1n) is 14.1. The maximum atomic E-state index is 11.8. The highest BCUT2D eigenvalue weighted by atomic mass is 35.5. The Morgan fingerprint density at radius 1 is 1.31 bits per heavy atom. The van der Waals surface area contributed by atoms with Crippen molar-refractivity contribution < 1.29 is 19.0 Å². The SMILES string of the molecule is C=CC(=O)NCCN(C/C(C)=C\N)c1nc(OC[C@@H]2CCCN2C)nc2c1OCC(c1cccc3cccc(Cl)c13)O2. The van der Waals surface area contributed by atoms with Crippen molar-refractivity contribution in [2.45, 2.75) is 31.9 Å². The number of ether oxygens (including phenoxy) is 3. The van der Waals surface area contributed by atoms with Crippen LogP contribution in [0.3, 0.4) is 0 Å². The summed E-state index contributed by atoms with van der Waals surface area (Å²) >= 11 is 6.63. The predicted octanol–water partition coefficient (Wildman–Crippen LogP) is 4.24. The topological polar surface area (TPSA) is 115 Å². The normalized spacial score (nSPS) is 18.6. The van der Waals surface area contributed by atoms with E-state index in [0.29, 0.717) is 42.8 Å². The molecule has 3 aromatic rings. The fraction of sp³-hybridized carbons (Fsp3) is 0.387. The quantitative estimate of drug-likeness (QED) is 0.315. The number of nitrogens with one attached hydrogen (secondary N) is 1. The molecule has 0 radical (unpaired) electrons. The highest BCUT2D eigenvalue weighted by Gasteiger charge is 2.32. The number of carbonyl (C=O) groups is 1. The van der Waals surface area contributed by atoms with Crippen molar-refractivity contribution in [1.82, 2.24) is 20.2 Å². The number of fused-ring (bicyclic) bond motifs is 2. The average Bonchev–Trinajstić information content (AvgIpc) is 3.42. The number of nitrogens with zero attached hydrogens (tertiary/aromatic N) is 4. The molecule has 11 heteroatoms. The number of anilines is 1. The average molecular weight is 593 g/mol. The van der Waals surface area contributed by atoms with Gasteiger partial charge in [0, 0.05) is 41.6 Å². The molecule has 3 N–H and O–H groups in total. The van der Waals surface area contributed by atoms with Gasteiger partial charge in [-0.05, 0) is 62.7 Å². The van der Waals surface area contributed by atoms with Crippen molar-refractivity contribution in [2.24, 2.45) is 5.73 Å². The first-order valence-corrected chi connectivity index (χ1v) is 14.5. The summed E-state index contributed by atoms with van der Waals surface area (Å²) in [5, 5.41) is 5.39. The minimum absolute atomic E-state index is 0.193. The summed E-state index contributed by atoms with van der Waals surface area (Å²) in [6.45, 7) is 8.38. The Balaban J connectivity index is 1.50. The van der Waals surface area contributed by atoms with Crippen LogP contribution >= 0.6 is 11.6 Å². The highest BCUT2D eigenvalue weighted by molar-refractivity contribution is 6.35. The van der Waals surface area contributed by atoms with Gasteiger partial charge in [0.1, 0.15) is 13.2 Å². The monoisotopic (exact) mass is 592 g/mol. The van der Waals surface area contributed by atoms with Gasteiger partial charge in [-0.3, -0.25) is 4.79 Å². The second kappa shape index (κ2) is 13.3. The van der Waals surface area contributed by atoms with E-state index in [-0.39, 0.29) is 30.4 Å². The Morgan fingerprint density at radius 3 is 2.86 bits per heavy atom. The van der Waals surface area contributed by atoms with Crippen LogP contribution in [0.5, 0.6) is 17.6 Å². The molecule has 0 saturated carbocycles. The number of benzene rings is 2. The third-order valence-electron chi connectivity index (χ3n) is 7.63. The zero-order valence-electron chi connectivity index (χ0n) is 24.0. The molecule has 2 atom stereocenters. The maximum Gasteiger partial charge on any atom is 0.322 e. The van der Waals surface area contributed by atoms with Gasteiger partial charge in [0.05, 0.1) is 0 Å². The Morgan fingerprint density at radius 2 is 2.12 bits per heavy atom. The first kappa shape index (κ1) is 29.5. The lowest BCUT2D eigenvalue weighted by Crippen LogP contribution is -2.37. The van der Waals surface area contributed by atoms with Gasteiger partial charge in [0.15, 0.2) is 11.9 Å². The van der Waals surface area contributed by atoms with Crippen molar-refractivity contribution in [3.05, 3.63) is 71.4 Å². The van der Waals surface area contributed by atoms with Crippen molar-refractivity contribution in [1.29, 1.82) is 0 Å². The van der Waals surface area contributed by atoms with Gasteiger partial charge < -0.3 is 35.1 Å². The lowest BCUT2D eigenvalue weighted by Gasteiger charge is -2.32. The van der Waals surface area contributed by atoms with Crippen molar-refractivity contribution in [3.8, 4) is 17.6 Å². The smallest absolute Gasteiger partial charge is 0.322 e. The van der Waals surface area contributed by atoms with Crippen LogP contribution in [0.2, 0.25) is 5.02 Å². The molecule has 10 nitrogen and oxygen atoms in total. The lowest BCUT2D eigenvalue weighted by atomic mass is 10.0. The molecule has 42 heavy (non-hydrogen) atoms. The van der Waals surface area contributed by atoms with Crippen LogP contribution in [0.15, 0.2) is 60.8 Å². The maximum absolute atomic E-state index is 11.8. The van der Waals surface area contributed by atoms with Gasteiger partial charge in [0.2, 0.25) is 11.7 Å². The Labute approximate surface area is 251 Å². The molecule has 1 fully saturated rings. The van der Waals surface area contributed by atoms with Crippen LogP contribution in [-0.2, 0) is 4.79 Å². The zero-order valence-corrected chi connectivity index (χ0v) is 24.8. The number of rotatable bonds is 11. The van der Waals surface area contributed by atoms with Gasteiger partial charge in [-0.1, -0.05) is 48.5 Å². The highest BCUT2D eigenvalue weighted by Crippen LogP contribution is 2.44. The molecule has 0 aliphatic carbocycles. The van der Waals surface area contributed by atoms with Crippen LogP contribution in [0.4, 0.5) is 5.82 Å². The molecule has 5 rings (SSSR count). The molecule has 2 aliphatic rings. The number of carbonyl (C=O) groups excluding carboxylic acids is 1. The molecular formula is C31H37ClN6O4. The van der Waals surface area contributed by atoms with E-state index >= 15 is 0 Å². The second-order valence-corrected chi connectivity index (χ2v) is 11.0. The summed E-state index contributed by atoms with van der Waals surface area (Å²) < 4.78 is 19.0. The van der Waals surface area contributed by atoms with Crippen molar-refractivity contribution in [2.75, 3.05) is 51.3 Å². The number of likely N-dealkylation sites (N-methyl/N-ethyl adjacent to an activating group) is 1. The van der Waals surface area contributed by atoms with Gasteiger partial charge in [-0.15, -0.1) is 0 Å². The number of likely N-dealkylation sites (tertiary alicyclic amines) is 1. The van der Waals surface area contributed by atoms with Crippen LogP contribution < -0.4 is 30.2 Å². The minimum Gasteiger partial charge on any atom is -0.481 e. The van der Waals surface area contributed by atoms with Crippen molar-refractivity contribution in [3.63, 3.8) is 0 Å². The molecule has 222 valence electrons. The number of amides is 1. The van der Waals surface area contributed by atoms with E-state index in [1.165, 1.54) is 6.08 Å². The van der Waals surface area contributed by atoms with E-state index in [1.807, 2.05) is 48.2 Å². The van der Waals surface area contributed by atoms with Crippen LogP contribution in [0.25, 0.3) is 10.8 Å². The standard InChI is InChI=1S/C31H37ClN6O4/c1-4-26(39)34-13-15-38(17-20(2)16-33)29-28-30(36-31(35-29)41-18-22-10-7-14-37(22)3)42-25(19-40-28)23-11-5-8-21-9-6-12-24(32)27(21)23/h4-6,8-9,11-12,16,22,25H,1,7,10,13-15,17-19,33H2,2-3H3,(H,34,39)/b20-16-/t22-,25?/m0/s1. The van der Waals surface area contributed by atoms with Gasteiger partial charge in [-0.2, -0.15) is 9.97 Å². The molecule has 1 aromatic heterocycles. The Kier molecular flexibility index (Phi) is 9.34. The molecule has 2 aliphatic heterocycles. The number of hydrogen-bond acceptors (Lipinski definition) is 9. The summed E-state index contributed by atoms with van der Waals surface area (Å²) in [6, 6.07) is 12.3. The summed E-state index contributed by atoms with van der Waals surface area (Å²) in [7, 11) is 2.10. The fourth-order valence-corrected chi connectivity index (χ4v) is 5.61. The third-order valence-corrected chi connectivity index (χ3v) is 7.94. The first-order chi connectivity index (χ1) is 20.4. The number of aromatic nitrogens is 2. The van der Waals surface area contributed by atoms with E-state index in [4.69, 9.17) is 36.5 Å². The summed E-state index contributed by atoms with van der Waals surface area (Å²) in [5.41, 5.74) is 7.65. The van der Waals surface area contributed by atoms with Crippen LogP contribution in [-0.4, -0.2) is 73.3 Å². The molecule has 1 unspecified atom stereocenters. The van der Waals surface area contributed by atoms with E-state index < -0.39 is 6.10 Å². The molecular weight excluding hydrogens is 556 g/mol. The molecule has 0 bridgehead atoms. The zero-order chi connectivity index (χ0) is 29.6. The molecule has 1 saturated heterocycles. The van der Waals surface area contributed by atoms with E-state index in [1.54, 1.807) is 6.20 Å². The molecule has 3 heterocycles. The summed E-state index contributed by atoms with van der Waals surface area (Å²) in [4.78, 5) is 25.5. The van der Waals surface area contributed by atoms with Gasteiger partial charge in [0.25, 0.3) is 5.88 Å². The molecule has 2 aromatic carbocycles. The van der Waals surface area contributed by atoms with E-state index in [9.17, 15) is 4.79 Å². The summed E-state index contributed by atoms with van der Waals surface area (Å²) in [6.07, 6.45) is 4.51. The second-order valence-electron chi connectivity index (χ2n) is 10.6. The Bertz CT molecular complexity index is 1480.